The Balaban J connectivity index is 1.49. The first-order valence-electron chi connectivity index (χ1n) is 14.7. The summed E-state index contributed by atoms with van der Waals surface area (Å²) in [6.45, 7) is 22.3. The summed E-state index contributed by atoms with van der Waals surface area (Å²) in [6, 6.07) is 0. The van der Waals surface area contributed by atoms with Gasteiger partial charge in [-0.3, -0.25) is 0 Å². The molecule has 0 spiro atoms. The number of allylic oxidation sites excluding steroid dienone is 1. The molecule has 0 bridgehead atoms. The smallest absolute Gasteiger partial charge is 0.184 e. The monoisotopic (exact) mass is 472 g/mol. The van der Waals surface area contributed by atoms with Gasteiger partial charge in [0, 0.05) is 5.92 Å². The molecule has 0 aromatic rings. The van der Waals surface area contributed by atoms with Gasteiger partial charge in [-0.2, -0.15) is 0 Å². The third-order valence-corrected chi connectivity index (χ3v) is 12.2. The summed E-state index contributed by atoms with van der Waals surface area (Å²) in [5, 5.41) is 0. The lowest BCUT2D eigenvalue weighted by molar-refractivity contribution is -0.0628. The lowest BCUT2D eigenvalue weighted by atomic mass is 9.46. The van der Waals surface area contributed by atoms with Crippen LogP contribution in [0.3, 0.4) is 0 Å². The maximum absolute atomic E-state index is 6.69. The third-order valence-electron chi connectivity index (χ3n) is 11.2. The predicted molar refractivity (Wildman–Crippen MR) is 146 cm³/mol. The Labute approximate surface area is 208 Å². The molecule has 2 heteroatoms. The Kier molecular flexibility index (Phi) is 7.42. The Bertz CT molecular complexity index is 719. The summed E-state index contributed by atoms with van der Waals surface area (Å²) in [4.78, 5) is 0. The van der Waals surface area contributed by atoms with Crippen LogP contribution in [0.2, 0.25) is 19.6 Å². The van der Waals surface area contributed by atoms with Crippen molar-refractivity contribution in [2.24, 2.45) is 52.3 Å². The second kappa shape index (κ2) is 9.42. The van der Waals surface area contributed by atoms with Gasteiger partial charge < -0.3 is 4.43 Å². The van der Waals surface area contributed by atoms with Gasteiger partial charge in [0.05, 0.1) is 6.10 Å². The first-order valence-corrected chi connectivity index (χ1v) is 18.2. The first kappa shape index (κ1) is 26.0. The fourth-order valence-corrected chi connectivity index (χ4v) is 10.9. The van der Waals surface area contributed by atoms with Crippen molar-refractivity contribution in [2.45, 2.75) is 131 Å². The van der Waals surface area contributed by atoms with Crippen molar-refractivity contribution >= 4 is 8.32 Å². The van der Waals surface area contributed by atoms with Crippen molar-refractivity contribution in [3.63, 3.8) is 0 Å². The molecule has 0 saturated heterocycles. The molecule has 0 aromatic heterocycles. The van der Waals surface area contributed by atoms with Crippen molar-refractivity contribution in [3.8, 4) is 0 Å². The molecule has 0 N–H and O–H groups in total. The second-order valence-electron chi connectivity index (χ2n) is 14.8. The average Bonchev–Trinajstić information content (AvgIpc) is 3.06. The van der Waals surface area contributed by atoms with E-state index in [1.54, 1.807) is 5.57 Å². The zero-order valence-corrected chi connectivity index (χ0v) is 24.7. The van der Waals surface area contributed by atoms with Gasteiger partial charge in [0.1, 0.15) is 0 Å². The van der Waals surface area contributed by atoms with E-state index in [1.807, 2.05) is 0 Å². The van der Waals surface area contributed by atoms with E-state index in [4.69, 9.17) is 4.43 Å². The van der Waals surface area contributed by atoms with E-state index >= 15 is 0 Å². The lowest BCUT2D eigenvalue weighted by Crippen LogP contribution is -2.53. The maximum atomic E-state index is 6.69. The Morgan fingerprint density at radius 1 is 0.970 bits per heavy atom. The molecule has 4 aliphatic carbocycles. The molecule has 3 fully saturated rings. The molecule has 2 unspecified atom stereocenters. The molecule has 3 saturated carbocycles. The van der Waals surface area contributed by atoms with Crippen LogP contribution in [0.5, 0.6) is 0 Å². The zero-order chi connectivity index (χ0) is 24.2. The molecular weight excluding hydrogens is 416 g/mol. The average molecular weight is 473 g/mol. The summed E-state index contributed by atoms with van der Waals surface area (Å²) in [6.07, 6.45) is 17.5. The molecule has 9 atom stereocenters. The van der Waals surface area contributed by atoms with Gasteiger partial charge in [0.15, 0.2) is 8.32 Å². The first-order chi connectivity index (χ1) is 15.4. The van der Waals surface area contributed by atoms with Crippen molar-refractivity contribution in [2.75, 3.05) is 0 Å². The summed E-state index contributed by atoms with van der Waals surface area (Å²) < 4.78 is 6.69. The Morgan fingerprint density at radius 2 is 1.70 bits per heavy atom. The van der Waals surface area contributed by atoms with Crippen LogP contribution in [-0.2, 0) is 4.43 Å². The van der Waals surface area contributed by atoms with Crippen molar-refractivity contribution in [1.29, 1.82) is 0 Å². The van der Waals surface area contributed by atoms with Gasteiger partial charge >= 0.3 is 0 Å². The third kappa shape index (κ3) is 4.83. The molecule has 4 aliphatic rings. The number of hydrogen-bond acceptors (Lipinski definition) is 1. The standard InChI is InChI=1S/C31H56OSi/c1-21(2)11-10-12-22(3)25-15-16-27-24-13-14-26-23(4)29(32-33(7,8)9)18-20-31(26,6)28(24)17-19-30(25,27)5/h14,21-25,27-29H,10-13,15-20H2,1-9H3/t22-,23?,24+,25-,27+,28+,29?,30-,31+/m1/s1. The van der Waals surface area contributed by atoms with Gasteiger partial charge in [-0.15, -0.1) is 0 Å². The van der Waals surface area contributed by atoms with Gasteiger partial charge in [-0.1, -0.05) is 72.5 Å². The fraction of sp³-hybridized carbons (Fsp3) is 0.935. The SMILES string of the molecule is CC(C)CCC[C@@H](C)[C@H]1CC[C@H]2[C@@H]3CC=C4C(C)C(O[Si](C)(C)C)CC[C@]4(C)[C@H]3CC[C@]12C. The van der Waals surface area contributed by atoms with Gasteiger partial charge in [-0.05, 0) is 111 Å². The number of fused-ring (bicyclic) bond motifs is 5. The van der Waals surface area contributed by atoms with Crippen LogP contribution in [0.15, 0.2) is 11.6 Å². The Hall–Kier alpha value is -0.0831. The van der Waals surface area contributed by atoms with Crippen LogP contribution in [0.4, 0.5) is 0 Å². The molecule has 0 amide bonds. The van der Waals surface area contributed by atoms with E-state index in [2.05, 4.69) is 67.3 Å². The molecule has 0 radical (unpaired) electrons. The van der Waals surface area contributed by atoms with Crippen LogP contribution in [0.1, 0.15) is 106 Å². The summed E-state index contributed by atoms with van der Waals surface area (Å²) in [5.41, 5.74) is 2.83. The highest BCUT2D eigenvalue weighted by Crippen LogP contribution is 2.68. The highest BCUT2D eigenvalue weighted by molar-refractivity contribution is 6.69. The van der Waals surface area contributed by atoms with Crippen LogP contribution in [-0.4, -0.2) is 14.4 Å². The minimum absolute atomic E-state index is 0.434. The molecule has 33 heavy (non-hydrogen) atoms. The fourth-order valence-electron chi connectivity index (χ4n) is 9.69. The predicted octanol–water partition coefficient (Wildman–Crippen LogP) is 9.49. The highest BCUT2D eigenvalue weighted by atomic mass is 28.4. The number of rotatable bonds is 7. The van der Waals surface area contributed by atoms with Crippen LogP contribution >= 0.6 is 0 Å². The van der Waals surface area contributed by atoms with Crippen molar-refractivity contribution in [3.05, 3.63) is 11.6 Å². The summed E-state index contributed by atoms with van der Waals surface area (Å²) in [5.74, 6) is 6.17. The quantitative estimate of drug-likeness (QED) is 0.265. The number of hydrogen-bond donors (Lipinski definition) is 0. The van der Waals surface area contributed by atoms with Crippen molar-refractivity contribution < 1.29 is 4.43 Å². The zero-order valence-electron chi connectivity index (χ0n) is 23.7. The largest absolute Gasteiger partial charge is 0.414 e. The van der Waals surface area contributed by atoms with E-state index in [1.165, 1.54) is 64.2 Å². The normalized spacial score (nSPS) is 44.1. The lowest BCUT2D eigenvalue weighted by Gasteiger charge is -2.60. The molecule has 1 nitrogen and oxygen atoms in total. The van der Waals surface area contributed by atoms with Crippen LogP contribution in [0.25, 0.3) is 0 Å². The maximum Gasteiger partial charge on any atom is 0.184 e. The van der Waals surface area contributed by atoms with Crippen molar-refractivity contribution in [1.82, 2.24) is 0 Å². The van der Waals surface area contributed by atoms with Crippen LogP contribution < -0.4 is 0 Å². The molecule has 4 rings (SSSR count). The molecule has 0 aliphatic heterocycles. The Morgan fingerprint density at radius 3 is 2.36 bits per heavy atom. The second-order valence-corrected chi connectivity index (χ2v) is 19.3. The van der Waals surface area contributed by atoms with E-state index in [0.717, 1.165) is 35.5 Å². The summed E-state index contributed by atoms with van der Waals surface area (Å²) >= 11 is 0. The minimum atomic E-state index is -1.49. The highest BCUT2D eigenvalue weighted by Gasteiger charge is 2.59. The van der Waals surface area contributed by atoms with E-state index in [9.17, 15) is 0 Å². The van der Waals surface area contributed by atoms with Gasteiger partial charge in [-0.25, -0.2) is 0 Å². The minimum Gasteiger partial charge on any atom is -0.414 e. The molecule has 0 aromatic carbocycles. The van der Waals surface area contributed by atoms with Gasteiger partial charge in [0.2, 0.25) is 0 Å². The molecular formula is C31H56OSi. The van der Waals surface area contributed by atoms with E-state index in [0.29, 0.717) is 22.9 Å². The van der Waals surface area contributed by atoms with E-state index < -0.39 is 8.32 Å². The molecule has 0 heterocycles. The van der Waals surface area contributed by atoms with Crippen LogP contribution in [0, 0.1) is 52.3 Å². The summed E-state index contributed by atoms with van der Waals surface area (Å²) in [7, 11) is -1.49. The van der Waals surface area contributed by atoms with Gasteiger partial charge in [0.25, 0.3) is 0 Å². The molecule has 190 valence electrons. The topological polar surface area (TPSA) is 9.23 Å². The van der Waals surface area contributed by atoms with E-state index in [-0.39, 0.29) is 0 Å².